The van der Waals surface area contributed by atoms with Crippen LogP contribution < -0.4 is 9.47 Å². The maximum absolute atomic E-state index is 10.6. The first kappa shape index (κ1) is 17.4. The first-order valence-corrected chi connectivity index (χ1v) is 7.71. The Hall–Kier alpha value is -1.91. The highest BCUT2D eigenvalue weighted by molar-refractivity contribution is 6.35. The molecule has 0 aliphatic rings. The van der Waals surface area contributed by atoms with Crippen molar-refractivity contribution < 1.29 is 19.4 Å². The molecule has 0 spiro atoms. The lowest BCUT2D eigenvalue weighted by Crippen LogP contribution is -2.01. The second kappa shape index (κ2) is 8.09. The topological polar surface area (TPSA) is 55.8 Å². The standard InChI is InChI=1S/C17H16Cl2O4/c1-22-16-9-11(6-8-17(20)21)5-7-15(16)23-10-12-13(18)3-2-4-14(12)19/h2-5,7,9H,6,8,10H2,1H3,(H,20,21). The molecule has 0 fully saturated rings. The summed E-state index contributed by atoms with van der Waals surface area (Å²) in [6.45, 7) is 0.212. The van der Waals surface area contributed by atoms with Gasteiger partial charge in [0.25, 0.3) is 0 Å². The van der Waals surface area contributed by atoms with Crippen LogP contribution in [0.4, 0.5) is 0 Å². The van der Waals surface area contributed by atoms with Crippen LogP contribution in [0.5, 0.6) is 11.5 Å². The summed E-state index contributed by atoms with van der Waals surface area (Å²) in [4.78, 5) is 10.6. The lowest BCUT2D eigenvalue weighted by molar-refractivity contribution is -0.136. The summed E-state index contributed by atoms with van der Waals surface area (Å²) in [5, 5.41) is 9.81. The van der Waals surface area contributed by atoms with Crippen molar-refractivity contribution >= 4 is 29.2 Å². The fourth-order valence-electron chi connectivity index (χ4n) is 2.06. The molecule has 2 aromatic carbocycles. The van der Waals surface area contributed by atoms with Crippen molar-refractivity contribution in [1.29, 1.82) is 0 Å². The molecule has 0 aliphatic heterocycles. The molecule has 0 saturated heterocycles. The number of aliphatic carboxylic acids is 1. The number of hydrogen-bond donors (Lipinski definition) is 1. The molecule has 0 radical (unpaired) electrons. The SMILES string of the molecule is COc1cc(CCC(=O)O)ccc1OCc1c(Cl)cccc1Cl. The first-order valence-electron chi connectivity index (χ1n) is 6.95. The highest BCUT2D eigenvalue weighted by atomic mass is 35.5. The Labute approximate surface area is 144 Å². The van der Waals surface area contributed by atoms with Crippen LogP contribution >= 0.6 is 23.2 Å². The number of ether oxygens (including phenoxy) is 2. The molecule has 0 heterocycles. The van der Waals surface area contributed by atoms with Gasteiger partial charge in [-0.25, -0.2) is 0 Å². The number of halogens is 2. The zero-order valence-electron chi connectivity index (χ0n) is 12.5. The van der Waals surface area contributed by atoms with Gasteiger partial charge in [0, 0.05) is 22.0 Å². The summed E-state index contributed by atoms with van der Waals surface area (Å²) in [7, 11) is 1.53. The van der Waals surface area contributed by atoms with Gasteiger partial charge in [-0.15, -0.1) is 0 Å². The van der Waals surface area contributed by atoms with E-state index in [0.29, 0.717) is 33.5 Å². The van der Waals surface area contributed by atoms with Crippen molar-refractivity contribution in [3.63, 3.8) is 0 Å². The van der Waals surface area contributed by atoms with Crippen LogP contribution in [0.2, 0.25) is 10.0 Å². The van der Waals surface area contributed by atoms with E-state index in [1.165, 1.54) is 7.11 Å². The van der Waals surface area contributed by atoms with E-state index >= 15 is 0 Å². The van der Waals surface area contributed by atoms with Gasteiger partial charge in [-0.3, -0.25) is 4.79 Å². The molecular formula is C17H16Cl2O4. The van der Waals surface area contributed by atoms with Gasteiger partial charge in [0.15, 0.2) is 11.5 Å². The molecule has 0 aromatic heterocycles. The normalized spacial score (nSPS) is 10.4. The van der Waals surface area contributed by atoms with E-state index < -0.39 is 5.97 Å². The Balaban J connectivity index is 2.12. The Morgan fingerprint density at radius 3 is 2.43 bits per heavy atom. The van der Waals surface area contributed by atoms with Gasteiger partial charge in [0.05, 0.1) is 7.11 Å². The third-order valence-electron chi connectivity index (χ3n) is 3.29. The minimum absolute atomic E-state index is 0.0680. The van der Waals surface area contributed by atoms with Crippen LogP contribution in [0.1, 0.15) is 17.5 Å². The minimum atomic E-state index is -0.836. The van der Waals surface area contributed by atoms with Crippen LogP contribution in [-0.2, 0) is 17.8 Å². The van der Waals surface area contributed by atoms with Gasteiger partial charge in [0.2, 0.25) is 0 Å². The number of carboxylic acids is 1. The number of carboxylic acid groups (broad SMARTS) is 1. The second-order valence-corrected chi connectivity index (χ2v) is 5.68. The van der Waals surface area contributed by atoms with Gasteiger partial charge in [-0.05, 0) is 36.2 Å². The molecule has 4 nitrogen and oxygen atoms in total. The summed E-state index contributed by atoms with van der Waals surface area (Å²) in [5.74, 6) is 0.247. The molecule has 0 atom stereocenters. The van der Waals surface area contributed by atoms with Crippen molar-refractivity contribution in [1.82, 2.24) is 0 Å². The molecule has 1 N–H and O–H groups in total. The predicted molar refractivity (Wildman–Crippen MR) is 89.7 cm³/mol. The van der Waals surface area contributed by atoms with Crippen LogP contribution in [0.3, 0.4) is 0 Å². The quantitative estimate of drug-likeness (QED) is 0.789. The number of aryl methyl sites for hydroxylation is 1. The number of methoxy groups -OCH3 is 1. The molecule has 0 amide bonds. The maximum atomic E-state index is 10.6. The van der Waals surface area contributed by atoms with Crippen molar-refractivity contribution in [3.8, 4) is 11.5 Å². The van der Waals surface area contributed by atoms with E-state index in [4.69, 9.17) is 37.8 Å². The number of hydrogen-bond acceptors (Lipinski definition) is 3. The average Bonchev–Trinajstić information content (AvgIpc) is 2.53. The zero-order chi connectivity index (χ0) is 16.8. The van der Waals surface area contributed by atoms with Crippen LogP contribution in [0, 0.1) is 0 Å². The fraction of sp³-hybridized carbons (Fsp3) is 0.235. The van der Waals surface area contributed by atoms with E-state index in [0.717, 1.165) is 5.56 Å². The summed E-state index contributed by atoms with van der Waals surface area (Å²) in [6.07, 6.45) is 0.501. The molecule has 122 valence electrons. The molecule has 23 heavy (non-hydrogen) atoms. The molecule has 2 aromatic rings. The van der Waals surface area contributed by atoms with Crippen molar-refractivity contribution in [3.05, 3.63) is 57.6 Å². The van der Waals surface area contributed by atoms with Crippen molar-refractivity contribution in [2.75, 3.05) is 7.11 Å². The summed E-state index contributed by atoms with van der Waals surface area (Å²) in [5.41, 5.74) is 1.57. The average molecular weight is 355 g/mol. The summed E-state index contributed by atoms with van der Waals surface area (Å²) >= 11 is 12.2. The first-order chi connectivity index (χ1) is 11.0. The van der Waals surface area contributed by atoms with Crippen molar-refractivity contribution in [2.45, 2.75) is 19.4 Å². The minimum Gasteiger partial charge on any atom is -0.493 e. The van der Waals surface area contributed by atoms with Gasteiger partial charge in [-0.1, -0.05) is 35.3 Å². The smallest absolute Gasteiger partial charge is 0.303 e. The van der Waals surface area contributed by atoms with Gasteiger partial charge >= 0.3 is 5.97 Å². The Morgan fingerprint density at radius 2 is 1.83 bits per heavy atom. The molecule has 0 unspecified atom stereocenters. The second-order valence-electron chi connectivity index (χ2n) is 4.87. The highest BCUT2D eigenvalue weighted by Gasteiger charge is 2.10. The zero-order valence-corrected chi connectivity index (χ0v) is 14.0. The van der Waals surface area contributed by atoms with Gasteiger partial charge in [-0.2, -0.15) is 0 Å². The Kier molecular flexibility index (Phi) is 6.13. The lowest BCUT2D eigenvalue weighted by atomic mass is 10.1. The monoisotopic (exact) mass is 354 g/mol. The Morgan fingerprint density at radius 1 is 1.13 bits per heavy atom. The van der Waals surface area contributed by atoms with E-state index in [9.17, 15) is 4.79 Å². The van der Waals surface area contributed by atoms with Gasteiger partial charge < -0.3 is 14.6 Å². The third-order valence-corrected chi connectivity index (χ3v) is 4.00. The molecular weight excluding hydrogens is 339 g/mol. The van der Waals surface area contributed by atoms with Crippen LogP contribution in [-0.4, -0.2) is 18.2 Å². The molecule has 0 saturated carbocycles. The highest BCUT2D eigenvalue weighted by Crippen LogP contribution is 2.31. The summed E-state index contributed by atoms with van der Waals surface area (Å²) in [6, 6.07) is 10.6. The summed E-state index contributed by atoms with van der Waals surface area (Å²) < 4.78 is 11.0. The Bertz CT molecular complexity index is 681. The van der Waals surface area contributed by atoms with E-state index in [1.54, 1.807) is 30.3 Å². The van der Waals surface area contributed by atoms with E-state index in [1.807, 2.05) is 6.07 Å². The molecule has 0 aliphatic carbocycles. The predicted octanol–water partition coefficient (Wildman–Crippen LogP) is 4.60. The van der Waals surface area contributed by atoms with Crippen LogP contribution in [0.25, 0.3) is 0 Å². The molecule has 0 bridgehead atoms. The van der Waals surface area contributed by atoms with E-state index in [-0.39, 0.29) is 13.0 Å². The van der Waals surface area contributed by atoms with E-state index in [2.05, 4.69) is 0 Å². The fourth-order valence-corrected chi connectivity index (χ4v) is 2.56. The number of rotatable bonds is 7. The number of benzene rings is 2. The van der Waals surface area contributed by atoms with Crippen molar-refractivity contribution in [2.24, 2.45) is 0 Å². The van der Waals surface area contributed by atoms with Crippen LogP contribution in [0.15, 0.2) is 36.4 Å². The maximum Gasteiger partial charge on any atom is 0.303 e. The molecule has 2 rings (SSSR count). The molecule has 6 heteroatoms. The lowest BCUT2D eigenvalue weighted by Gasteiger charge is -2.13. The number of carbonyl (C=O) groups is 1. The third kappa shape index (κ3) is 4.78. The van der Waals surface area contributed by atoms with Gasteiger partial charge in [0.1, 0.15) is 6.61 Å². The largest absolute Gasteiger partial charge is 0.493 e.